The molecule has 0 bridgehead atoms. The summed E-state index contributed by atoms with van der Waals surface area (Å²) in [6.07, 6.45) is 3.93. The van der Waals surface area contributed by atoms with Crippen molar-refractivity contribution >= 4 is 0 Å². The van der Waals surface area contributed by atoms with Crippen LogP contribution in [0, 0.1) is 11.3 Å². The number of hydrogen-bond donors (Lipinski definition) is 0. The molecule has 0 radical (unpaired) electrons. The van der Waals surface area contributed by atoms with Crippen LogP contribution in [0.2, 0.25) is 0 Å². The van der Waals surface area contributed by atoms with Crippen molar-refractivity contribution in [2.75, 3.05) is 19.6 Å². The van der Waals surface area contributed by atoms with Crippen LogP contribution in [0.5, 0.6) is 0 Å². The van der Waals surface area contributed by atoms with Gasteiger partial charge < -0.3 is 0 Å². The summed E-state index contributed by atoms with van der Waals surface area (Å²) in [6, 6.07) is 21.5. The molecule has 4 rings (SSSR count). The summed E-state index contributed by atoms with van der Waals surface area (Å²) in [4.78, 5) is 4.68. The van der Waals surface area contributed by atoms with Gasteiger partial charge in [-0.2, -0.15) is 10.4 Å². The summed E-state index contributed by atoms with van der Waals surface area (Å²) in [7, 11) is 1.93. The van der Waals surface area contributed by atoms with E-state index in [0.29, 0.717) is 0 Å². The Labute approximate surface area is 166 Å². The Morgan fingerprint density at radius 3 is 2.57 bits per heavy atom. The van der Waals surface area contributed by atoms with Crippen molar-refractivity contribution < 1.29 is 0 Å². The molecular weight excluding hydrogens is 346 g/mol. The average molecular weight is 371 g/mol. The molecule has 5 heteroatoms. The highest BCUT2D eigenvalue weighted by Gasteiger charge is 2.26. The fraction of sp³-hybridized carbons (Fsp3) is 0.304. The van der Waals surface area contributed by atoms with E-state index in [9.17, 15) is 5.26 Å². The van der Waals surface area contributed by atoms with Crippen LogP contribution in [0.25, 0.3) is 11.1 Å². The van der Waals surface area contributed by atoms with Crippen LogP contribution in [0.15, 0.2) is 67.0 Å². The molecule has 0 amide bonds. The fourth-order valence-electron chi connectivity index (χ4n) is 3.83. The molecule has 1 fully saturated rings. The Morgan fingerprint density at radius 1 is 1.00 bits per heavy atom. The van der Waals surface area contributed by atoms with Crippen LogP contribution in [0.4, 0.5) is 0 Å². The van der Waals surface area contributed by atoms with Crippen molar-refractivity contribution in [1.82, 2.24) is 19.6 Å². The van der Waals surface area contributed by atoms with E-state index >= 15 is 0 Å². The predicted octanol–water partition coefficient (Wildman–Crippen LogP) is 3.30. The third-order valence-electron chi connectivity index (χ3n) is 5.32. The molecule has 1 atom stereocenters. The first-order valence-electron chi connectivity index (χ1n) is 9.69. The van der Waals surface area contributed by atoms with Crippen molar-refractivity contribution in [1.29, 1.82) is 5.26 Å². The Morgan fingerprint density at radius 2 is 1.82 bits per heavy atom. The summed E-state index contributed by atoms with van der Waals surface area (Å²) in [5.41, 5.74) is 4.85. The van der Waals surface area contributed by atoms with Gasteiger partial charge in [0.05, 0.1) is 12.3 Å². The molecule has 3 aromatic rings. The molecular formula is C23H25N5. The molecule has 2 aromatic carbocycles. The van der Waals surface area contributed by atoms with Crippen molar-refractivity contribution in [3.63, 3.8) is 0 Å². The maximum absolute atomic E-state index is 9.69. The first-order valence-corrected chi connectivity index (χ1v) is 9.69. The molecule has 142 valence electrons. The molecule has 0 saturated carbocycles. The van der Waals surface area contributed by atoms with Crippen LogP contribution < -0.4 is 0 Å². The van der Waals surface area contributed by atoms with Crippen LogP contribution in [0.1, 0.15) is 11.1 Å². The van der Waals surface area contributed by atoms with E-state index < -0.39 is 0 Å². The van der Waals surface area contributed by atoms with E-state index in [1.165, 1.54) is 16.7 Å². The highest BCUT2D eigenvalue weighted by atomic mass is 15.3. The predicted molar refractivity (Wildman–Crippen MR) is 110 cm³/mol. The molecule has 1 aliphatic rings. The van der Waals surface area contributed by atoms with Gasteiger partial charge in [-0.1, -0.05) is 48.5 Å². The second-order valence-corrected chi connectivity index (χ2v) is 7.44. The summed E-state index contributed by atoms with van der Waals surface area (Å²) >= 11 is 0. The lowest BCUT2D eigenvalue weighted by atomic mass is 10.0. The zero-order valence-corrected chi connectivity index (χ0v) is 16.2. The summed E-state index contributed by atoms with van der Waals surface area (Å²) < 4.78 is 1.82. The van der Waals surface area contributed by atoms with Gasteiger partial charge in [-0.25, -0.2) is 0 Å². The topological polar surface area (TPSA) is 48.1 Å². The fourth-order valence-corrected chi connectivity index (χ4v) is 3.83. The molecule has 1 aromatic heterocycles. The first-order chi connectivity index (χ1) is 13.7. The number of aromatic nitrogens is 2. The zero-order valence-electron chi connectivity index (χ0n) is 16.2. The van der Waals surface area contributed by atoms with Crippen LogP contribution in [-0.2, 0) is 20.1 Å². The summed E-state index contributed by atoms with van der Waals surface area (Å²) in [6.45, 7) is 4.37. The lowest BCUT2D eigenvalue weighted by molar-refractivity contribution is 0.0902. The number of hydrogen-bond acceptors (Lipinski definition) is 4. The molecule has 5 nitrogen and oxygen atoms in total. The van der Waals surface area contributed by atoms with E-state index in [2.05, 4.69) is 69.5 Å². The lowest BCUT2D eigenvalue weighted by Gasteiger charge is -2.38. The van der Waals surface area contributed by atoms with E-state index in [-0.39, 0.29) is 6.04 Å². The van der Waals surface area contributed by atoms with E-state index in [1.807, 2.05) is 30.2 Å². The molecule has 1 saturated heterocycles. The summed E-state index contributed by atoms with van der Waals surface area (Å²) in [5.74, 6) is 0. The van der Waals surface area contributed by atoms with Crippen molar-refractivity contribution in [3.05, 3.63) is 78.1 Å². The monoisotopic (exact) mass is 371 g/mol. The Kier molecular flexibility index (Phi) is 5.52. The van der Waals surface area contributed by atoms with Crippen LogP contribution in [0.3, 0.4) is 0 Å². The van der Waals surface area contributed by atoms with Gasteiger partial charge in [0.2, 0.25) is 0 Å². The maximum atomic E-state index is 9.69. The SMILES string of the molecule is Cn1cc(-c2cccc(CN3CCN(Cc4ccccc4)[C@@H](C#N)C3)c2)cn1. The first kappa shape index (κ1) is 18.4. The lowest BCUT2D eigenvalue weighted by Crippen LogP contribution is -2.51. The second-order valence-electron chi connectivity index (χ2n) is 7.44. The quantitative estimate of drug-likeness (QED) is 0.690. The van der Waals surface area contributed by atoms with Gasteiger partial charge in [0.25, 0.3) is 0 Å². The van der Waals surface area contributed by atoms with Gasteiger partial charge in [0.15, 0.2) is 0 Å². The number of nitriles is 1. The van der Waals surface area contributed by atoms with Gasteiger partial charge >= 0.3 is 0 Å². The minimum Gasteiger partial charge on any atom is -0.295 e. The number of nitrogens with zero attached hydrogens (tertiary/aromatic N) is 5. The van der Waals surface area contributed by atoms with E-state index in [1.54, 1.807) is 0 Å². The van der Waals surface area contributed by atoms with Crippen molar-refractivity contribution in [3.8, 4) is 17.2 Å². The molecule has 0 spiro atoms. The molecule has 0 unspecified atom stereocenters. The minimum atomic E-state index is -0.0736. The third kappa shape index (κ3) is 4.30. The second kappa shape index (κ2) is 8.39. The Hall–Kier alpha value is -2.94. The highest BCUT2D eigenvalue weighted by Crippen LogP contribution is 2.21. The van der Waals surface area contributed by atoms with E-state index in [0.717, 1.165) is 38.3 Å². The largest absolute Gasteiger partial charge is 0.295 e. The average Bonchev–Trinajstić information content (AvgIpc) is 3.16. The molecule has 0 aliphatic carbocycles. The zero-order chi connectivity index (χ0) is 19.3. The smallest absolute Gasteiger partial charge is 0.111 e. The van der Waals surface area contributed by atoms with Crippen LogP contribution in [-0.4, -0.2) is 45.3 Å². The minimum absolute atomic E-state index is 0.0736. The van der Waals surface area contributed by atoms with Gasteiger partial charge in [0, 0.05) is 51.5 Å². The number of rotatable bonds is 5. The Bertz CT molecular complexity index is 956. The standard InChI is InChI=1S/C23H25N5/c1-26-17-22(14-25-26)21-9-5-8-20(12-21)15-27-10-11-28(23(13-24)18-27)16-19-6-3-2-4-7-19/h2-9,12,14,17,23H,10-11,15-16,18H2,1H3/t23-/m0/s1. The van der Waals surface area contributed by atoms with Gasteiger partial charge in [-0.15, -0.1) is 0 Å². The van der Waals surface area contributed by atoms with Gasteiger partial charge in [-0.05, 0) is 22.8 Å². The van der Waals surface area contributed by atoms with Crippen molar-refractivity contribution in [2.45, 2.75) is 19.1 Å². The normalized spacial score (nSPS) is 18.1. The van der Waals surface area contributed by atoms with Gasteiger partial charge in [0.1, 0.15) is 6.04 Å². The number of aryl methyl sites for hydroxylation is 1. The third-order valence-corrected chi connectivity index (χ3v) is 5.32. The maximum Gasteiger partial charge on any atom is 0.111 e. The van der Waals surface area contributed by atoms with Gasteiger partial charge in [-0.3, -0.25) is 14.5 Å². The molecule has 2 heterocycles. The summed E-state index contributed by atoms with van der Waals surface area (Å²) in [5, 5.41) is 14.0. The molecule has 28 heavy (non-hydrogen) atoms. The Balaban J connectivity index is 1.41. The molecule has 1 aliphatic heterocycles. The van der Waals surface area contributed by atoms with Crippen LogP contribution >= 0.6 is 0 Å². The van der Waals surface area contributed by atoms with Crippen molar-refractivity contribution in [2.24, 2.45) is 7.05 Å². The highest BCUT2D eigenvalue weighted by molar-refractivity contribution is 5.62. The van der Waals surface area contributed by atoms with E-state index in [4.69, 9.17) is 0 Å². The molecule has 0 N–H and O–H groups in total. The number of benzene rings is 2. The number of piperazine rings is 1.